The van der Waals surface area contributed by atoms with Gasteiger partial charge in [-0.2, -0.15) is 0 Å². The Hall–Kier alpha value is -1.51. The molecule has 100 valence electrons. The molecule has 0 fully saturated rings. The lowest BCUT2D eigenvalue weighted by Gasteiger charge is -2.17. The zero-order valence-corrected chi connectivity index (χ0v) is 11.7. The van der Waals surface area contributed by atoms with Crippen molar-refractivity contribution in [1.82, 2.24) is 5.32 Å². The lowest BCUT2D eigenvalue weighted by Crippen LogP contribution is -2.36. The second kappa shape index (κ2) is 7.04. The molecule has 3 heteroatoms. The molecule has 0 saturated heterocycles. The van der Waals surface area contributed by atoms with Gasteiger partial charge in [0.25, 0.3) is 5.91 Å². The van der Waals surface area contributed by atoms with E-state index in [1.165, 1.54) is 0 Å². The molecular weight excluding hydrogens is 226 g/mol. The highest BCUT2D eigenvalue weighted by molar-refractivity contribution is 5.94. The average Bonchev–Trinajstić information content (AvgIpc) is 2.36. The van der Waals surface area contributed by atoms with E-state index in [9.17, 15) is 4.79 Å². The first-order valence-electron chi connectivity index (χ1n) is 6.58. The molecule has 1 rings (SSSR count). The summed E-state index contributed by atoms with van der Waals surface area (Å²) in [5.41, 5.74) is 0.673. The number of rotatable bonds is 6. The Labute approximate surface area is 110 Å². The van der Waals surface area contributed by atoms with Gasteiger partial charge in [-0.1, -0.05) is 20.8 Å². The molecule has 0 aliphatic heterocycles. The van der Waals surface area contributed by atoms with Gasteiger partial charge in [-0.05, 0) is 43.5 Å². The molecule has 0 aliphatic rings. The number of hydrogen-bond acceptors (Lipinski definition) is 2. The van der Waals surface area contributed by atoms with Crippen molar-refractivity contribution in [3.8, 4) is 5.75 Å². The molecular formula is C15H23NO2. The SMILES string of the molecule is CCCOc1ccc(C(=O)N[C@H](C)C(C)C)cc1. The predicted molar refractivity (Wildman–Crippen MR) is 74.0 cm³/mol. The van der Waals surface area contributed by atoms with Crippen LogP contribution in [0.5, 0.6) is 5.75 Å². The van der Waals surface area contributed by atoms with Crippen molar-refractivity contribution in [2.24, 2.45) is 5.92 Å². The number of amides is 1. The van der Waals surface area contributed by atoms with Gasteiger partial charge in [-0.15, -0.1) is 0 Å². The van der Waals surface area contributed by atoms with E-state index in [1.54, 1.807) is 12.1 Å². The molecule has 1 amide bonds. The van der Waals surface area contributed by atoms with Gasteiger partial charge in [0.05, 0.1) is 6.61 Å². The van der Waals surface area contributed by atoms with Crippen LogP contribution in [-0.4, -0.2) is 18.6 Å². The summed E-state index contributed by atoms with van der Waals surface area (Å²) in [5.74, 6) is 1.21. The van der Waals surface area contributed by atoms with E-state index in [0.29, 0.717) is 18.1 Å². The highest BCUT2D eigenvalue weighted by Gasteiger charge is 2.12. The topological polar surface area (TPSA) is 38.3 Å². The summed E-state index contributed by atoms with van der Waals surface area (Å²) in [5, 5.41) is 2.98. The fourth-order valence-electron chi connectivity index (χ4n) is 1.38. The van der Waals surface area contributed by atoms with Crippen LogP contribution in [0.3, 0.4) is 0 Å². The summed E-state index contributed by atoms with van der Waals surface area (Å²) in [6, 6.07) is 7.45. The lowest BCUT2D eigenvalue weighted by molar-refractivity contribution is 0.0930. The van der Waals surface area contributed by atoms with Crippen molar-refractivity contribution in [2.75, 3.05) is 6.61 Å². The molecule has 0 aromatic heterocycles. The van der Waals surface area contributed by atoms with Crippen LogP contribution in [0.4, 0.5) is 0 Å². The van der Waals surface area contributed by atoms with Gasteiger partial charge in [0.2, 0.25) is 0 Å². The van der Waals surface area contributed by atoms with Crippen molar-refractivity contribution >= 4 is 5.91 Å². The van der Waals surface area contributed by atoms with Gasteiger partial charge in [-0.25, -0.2) is 0 Å². The maximum atomic E-state index is 11.9. The zero-order valence-electron chi connectivity index (χ0n) is 11.7. The van der Waals surface area contributed by atoms with Crippen molar-refractivity contribution in [2.45, 2.75) is 40.2 Å². The van der Waals surface area contributed by atoms with Crippen molar-refractivity contribution in [3.63, 3.8) is 0 Å². The van der Waals surface area contributed by atoms with Crippen molar-refractivity contribution in [1.29, 1.82) is 0 Å². The molecule has 18 heavy (non-hydrogen) atoms. The van der Waals surface area contributed by atoms with Crippen molar-refractivity contribution < 1.29 is 9.53 Å². The first-order valence-corrected chi connectivity index (χ1v) is 6.58. The maximum Gasteiger partial charge on any atom is 0.251 e. The summed E-state index contributed by atoms with van der Waals surface area (Å²) in [4.78, 5) is 11.9. The Morgan fingerprint density at radius 2 is 1.83 bits per heavy atom. The van der Waals surface area contributed by atoms with Crippen molar-refractivity contribution in [3.05, 3.63) is 29.8 Å². The third-order valence-electron chi connectivity index (χ3n) is 2.95. The third-order valence-corrected chi connectivity index (χ3v) is 2.95. The Kier molecular flexibility index (Phi) is 5.69. The molecule has 0 saturated carbocycles. The Balaban J connectivity index is 2.59. The number of ether oxygens (including phenoxy) is 1. The first-order chi connectivity index (χ1) is 8.54. The van der Waals surface area contributed by atoms with Gasteiger partial charge in [-0.3, -0.25) is 4.79 Å². The summed E-state index contributed by atoms with van der Waals surface area (Å²) in [7, 11) is 0. The molecule has 1 aromatic rings. The number of nitrogens with one attached hydrogen (secondary N) is 1. The van der Waals surface area contributed by atoms with E-state index < -0.39 is 0 Å². The Morgan fingerprint density at radius 1 is 1.22 bits per heavy atom. The predicted octanol–water partition coefficient (Wildman–Crippen LogP) is 3.25. The van der Waals surface area contributed by atoms with Gasteiger partial charge in [0, 0.05) is 11.6 Å². The minimum absolute atomic E-state index is 0.0294. The number of hydrogen-bond donors (Lipinski definition) is 1. The molecule has 0 aliphatic carbocycles. The molecule has 1 N–H and O–H groups in total. The molecule has 0 heterocycles. The van der Waals surface area contributed by atoms with E-state index in [2.05, 4.69) is 26.1 Å². The number of carbonyl (C=O) groups is 1. The van der Waals surface area contributed by atoms with Crippen LogP contribution in [0.2, 0.25) is 0 Å². The quantitative estimate of drug-likeness (QED) is 0.840. The molecule has 0 spiro atoms. The first kappa shape index (κ1) is 14.6. The van der Waals surface area contributed by atoms with Crippen LogP contribution in [-0.2, 0) is 0 Å². The van der Waals surface area contributed by atoms with E-state index in [-0.39, 0.29) is 11.9 Å². The highest BCUT2D eigenvalue weighted by Crippen LogP contribution is 2.13. The van der Waals surface area contributed by atoms with Gasteiger partial charge in [0.1, 0.15) is 5.75 Å². The number of carbonyl (C=O) groups excluding carboxylic acids is 1. The van der Waals surface area contributed by atoms with E-state index >= 15 is 0 Å². The van der Waals surface area contributed by atoms with E-state index in [0.717, 1.165) is 12.2 Å². The smallest absolute Gasteiger partial charge is 0.251 e. The Morgan fingerprint density at radius 3 is 2.33 bits per heavy atom. The molecule has 0 bridgehead atoms. The molecule has 1 aromatic carbocycles. The second-order valence-corrected chi connectivity index (χ2v) is 4.88. The fourth-order valence-corrected chi connectivity index (χ4v) is 1.38. The van der Waals surface area contributed by atoms with Gasteiger partial charge >= 0.3 is 0 Å². The minimum Gasteiger partial charge on any atom is -0.494 e. The molecule has 3 nitrogen and oxygen atoms in total. The molecule has 0 radical (unpaired) electrons. The average molecular weight is 249 g/mol. The Bertz CT molecular complexity index is 371. The third kappa shape index (κ3) is 4.40. The molecule has 0 unspecified atom stereocenters. The maximum absolute atomic E-state index is 11.9. The summed E-state index contributed by atoms with van der Waals surface area (Å²) in [6.45, 7) is 8.96. The van der Waals surface area contributed by atoms with Crippen LogP contribution >= 0.6 is 0 Å². The van der Waals surface area contributed by atoms with Crippen LogP contribution in [0.15, 0.2) is 24.3 Å². The largest absolute Gasteiger partial charge is 0.494 e. The second-order valence-electron chi connectivity index (χ2n) is 4.88. The normalized spacial score (nSPS) is 12.3. The van der Waals surface area contributed by atoms with Crippen LogP contribution in [0.1, 0.15) is 44.5 Å². The highest BCUT2D eigenvalue weighted by atomic mass is 16.5. The zero-order chi connectivity index (χ0) is 13.5. The van der Waals surface area contributed by atoms with Gasteiger partial charge < -0.3 is 10.1 Å². The lowest BCUT2D eigenvalue weighted by atomic mass is 10.1. The summed E-state index contributed by atoms with van der Waals surface area (Å²) in [6.07, 6.45) is 0.980. The van der Waals surface area contributed by atoms with Gasteiger partial charge in [0.15, 0.2) is 0 Å². The monoisotopic (exact) mass is 249 g/mol. The van der Waals surface area contributed by atoms with Crippen LogP contribution in [0, 0.1) is 5.92 Å². The van der Waals surface area contributed by atoms with E-state index in [4.69, 9.17) is 4.74 Å². The van der Waals surface area contributed by atoms with Crippen LogP contribution < -0.4 is 10.1 Å². The van der Waals surface area contributed by atoms with E-state index in [1.807, 2.05) is 19.1 Å². The minimum atomic E-state index is -0.0294. The fraction of sp³-hybridized carbons (Fsp3) is 0.533. The summed E-state index contributed by atoms with van der Waals surface area (Å²) >= 11 is 0. The summed E-state index contributed by atoms with van der Waals surface area (Å²) < 4.78 is 5.48. The number of benzene rings is 1. The molecule has 1 atom stereocenters. The van der Waals surface area contributed by atoms with Crippen LogP contribution in [0.25, 0.3) is 0 Å². The standard InChI is InChI=1S/C15H23NO2/c1-5-10-18-14-8-6-13(7-9-14)15(17)16-12(4)11(2)3/h6-9,11-12H,5,10H2,1-4H3,(H,16,17)/t12-/m1/s1.